The van der Waals surface area contributed by atoms with Crippen molar-refractivity contribution in [1.82, 2.24) is 19.6 Å². The Morgan fingerprint density at radius 1 is 1.15 bits per heavy atom. The zero-order chi connectivity index (χ0) is 19.7. The van der Waals surface area contributed by atoms with E-state index in [9.17, 15) is 14.7 Å². The smallest absolute Gasteiger partial charge is 0.336 e. The molecule has 3 rings (SSSR count). The highest BCUT2D eigenvalue weighted by molar-refractivity contribution is 5.95. The van der Waals surface area contributed by atoms with Gasteiger partial charge in [0.1, 0.15) is 6.33 Å². The first kappa shape index (κ1) is 18.5. The molecule has 0 saturated heterocycles. The van der Waals surface area contributed by atoms with Gasteiger partial charge in [0.05, 0.1) is 5.56 Å². The fourth-order valence-corrected chi connectivity index (χ4v) is 3.19. The van der Waals surface area contributed by atoms with Gasteiger partial charge in [0.25, 0.3) is 5.78 Å². The van der Waals surface area contributed by atoms with E-state index in [4.69, 9.17) is 0 Å². The molecule has 1 amide bonds. The van der Waals surface area contributed by atoms with Gasteiger partial charge in [-0.1, -0.05) is 6.07 Å². The molecule has 0 aliphatic carbocycles. The molecule has 0 aliphatic rings. The first-order valence-electron chi connectivity index (χ1n) is 8.58. The standard InChI is InChI=1S/C19H21N5O3/c1-10-7-11(2)16(8-15(10)18(26)27)23-17(25)6-5-14-12(3)22-19-20-9-21-24(19)13(14)4/h7-9H,5-6H2,1-4H3,(H,23,25)(H,26,27). The molecule has 27 heavy (non-hydrogen) atoms. The molecule has 3 aromatic rings. The van der Waals surface area contributed by atoms with E-state index in [1.165, 1.54) is 12.4 Å². The summed E-state index contributed by atoms with van der Waals surface area (Å²) in [5.74, 6) is -0.660. The maximum Gasteiger partial charge on any atom is 0.336 e. The Hall–Kier alpha value is -3.29. The van der Waals surface area contributed by atoms with E-state index < -0.39 is 5.97 Å². The minimum Gasteiger partial charge on any atom is -0.478 e. The summed E-state index contributed by atoms with van der Waals surface area (Å²) in [6, 6.07) is 3.26. The summed E-state index contributed by atoms with van der Waals surface area (Å²) in [5, 5.41) is 16.2. The Kier molecular flexibility index (Phi) is 4.89. The number of carboxylic acids is 1. The fourth-order valence-electron chi connectivity index (χ4n) is 3.19. The third-order valence-electron chi connectivity index (χ3n) is 4.67. The Bertz CT molecular complexity index is 1060. The second-order valence-electron chi connectivity index (χ2n) is 6.57. The SMILES string of the molecule is Cc1cc(C)c(C(=O)O)cc1NC(=O)CCc1c(C)nc2ncnn2c1C. The number of carboxylic acid groups (broad SMARTS) is 1. The number of nitrogens with one attached hydrogen (secondary N) is 1. The number of benzene rings is 1. The minimum absolute atomic E-state index is 0.184. The van der Waals surface area contributed by atoms with Crippen molar-refractivity contribution in [2.75, 3.05) is 5.32 Å². The van der Waals surface area contributed by atoms with E-state index in [1.807, 2.05) is 20.8 Å². The molecule has 0 fully saturated rings. The minimum atomic E-state index is -1.01. The zero-order valence-corrected chi connectivity index (χ0v) is 15.7. The molecule has 140 valence electrons. The highest BCUT2D eigenvalue weighted by atomic mass is 16.4. The van der Waals surface area contributed by atoms with Crippen molar-refractivity contribution in [3.8, 4) is 0 Å². The fraction of sp³-hybridized carbons (Fsp3) is 0.316. The Balaban J connectivity index is 1.76. The largest absolute Gasteiger partial charge is 0.478 e. The molecule has 0 spiro atoms. The molecule has 2 heterocycles. The van der Waals surface area contributed by atoms with Crippen molar-refractivity contribution in [2.24, 2.45) is 0 Å². The third kappa shape index (κ3) is 3.64. The molecule has 2 aromatic heterocycles. The second-order valence-corrected chi connectivity index (χ2v) is 6.57. The summed E-state index contributed by atoms with van der Waals surface area (Å²) < 4.78 is 1.66. The lowest BCUT2D eigenvalue weighted by atomic mass is 10.0. The lowest BCUT2D eigenvalue weighted by molar-refractivity contribution is -0.116. The number of hydrogen-bond donors (Lipinski definition) is 2. The quantitative estimate of drug-likeness (QED) is 0.717. The van der Waals surface area contributed by atoms with Crippen molar-refractivity contribution in [1.29, 1.82) is 0 Å². The van der Waals surface area contributed by atoms with Crippen LogP contribution < -0.4 is 5.32 Å². The van der Waals surface area contributed by atoms with Gasteiger partial charge in [0, 0.05) is 23.5 Å². The average Bonchev–Trinajstić information content (AvgIpc) is 3.05. The number of aromatic nitrogens is 4. The molecular weight excluding hydrogens is 346 g/mol. The maximum atomic E-state index is 12.4. The van der Waals surface area contributed by atoms with Crippen molar-refractivity contribution in [3.63, 3.8) is 0 Å². The number of aryl methyl sites for hydroxylation is 4. The van der Waals surface area contributed by atoms with Gasteiger partial charge in [-0.2, -0.15) is 10.1 Å². The molecular formula is C19H21N5O3. The van der Waals surface area contributed by atoms with Crippen molar-refractivity contribution >= 4 is 23.3 Å². The molecule has 0 radical (unpaired) electrons. The van der Waals surface area contributed by atoms with Crippen molar-refractivity contribution in [2.45, 2.75) is 40.5 Å². The topological polar surface area (TPSA) is 109 Å². The molecule has 0 atom stereocenters. The van der Waals surface area contributed by atoms with Gasteiger partial charge in [0.15, 0.2) is 0 Å². The summed E-state index contributed by atoms with van der Waals surface area (Å²) in [6.07, 6.45) is 2.20. The highest BCUT2D eigenvalue weighted by Gasteiger charge is 2.15. The van der Waals surface area contributed by atoms with E-state index in [0.29, 0.717) is 23.4 Å². The average molecular weight is 367 g/mol. The van der Waals surface area contributed by atoms with Crippen molar-refractivity contribution in [3.05, 3.63) is 52.1 Å². The number of rotatable bonds is 5. The van der Waals surface area contributed by atoms with Crippen LogP contribution in [0.2, 0.25) is 0 Å². The van der Waals surface area contributed by atoms with Gasteiger partial charge in [-0.25, -0.2) is 14.3 Å². The Labute approximate surface area is 156 Å². The van der Waals surface area contributed by atoms with E-state index in [1.54, 1.807) is 17.5 Å². The van der Waals surface area contributed by atoms with Crippen LogP contribution in [-0.4, -0.2) is 36.6 Å². The van der Waals surface area contributed by atoms with Gasteiger partial charge in [-0.3, -0.25) is 4.79 Å². The molecule has 2 N–H and O–H groups in total. The van der Waals surface area contributed by atoms with Crippen LogP contribution in [0.5, 0.6) is 0 Å². The van der Waals surface area contributed by atoms with Gasteiger partial charge >= 0.3 is 5.97 Å². The summed E-state index contributed by atoms with van der Waals surface area (Å²) >= 11 is 0. The lowest BCUT2D eigenvalue weighted by Gasteiger charge is -2.13. The number of amides is 1. The first-order chi connectivity index (χ1) is 12.8. The Morgan fingerprint density at radius 3 is 2.59 bits per heavy atom. The van der Waals surface area contributed by atoms with E-state index in [2.05, 4.69) is 20.4 Å². The van der Waals surface area contributed by atoms with E-state index >= 15 is 0 Å². The molecule has 0 aliphatic heterocycles. The molecule has 0 bridgehead atoms. The van der Waals surface area contributed by atoms with Crippen LogP contribution in [0.15, 0.2) is 18.5 Å². The van der Waals surface area contributed by atoms with Crippen LogP contribution in [0.4, 0.5) is 5.69 Å². The van der Waals surface area contributed by atoms with Gasteiger partial charge in [-0.15, -0.1) is 0 Å². The predicted molar refractivity (Wildman–Crippen MR) is 100 cm³/mol. The van der Waals surface area contributed by atoms with Crippen LogP contribution in [0.3, 0.4) is 0 Å². The summed E-state index contributed by atoms with van der Waals surface area (Å²) in [5.41, 5.74) is 4.86. The van der Waals surface area contributed by atoms with E-state index in [-0.39, 0.29) is 17.9 Å². The molecule has 8 nitrogen and oxygen atoms in total. The zero-order valence-electron chi connectivity index (χ0n) is 15.7. The van der Waals surface area contributed by atoms with Gasteiger partial charge in [-0.05, 0) is 56.9 Å². The number of carbonyl (C=O) groups is 2. The number of hydrogen-bond acceptors (Lipinski definition) is 5. The second kappa shape index (κ2) is 7.14. The monoisotopic (exact) mass is 367 g/mol. The highest BCUT2D eigenvalue weighted by Crippen LogP contribution is 2.22. The first-order valence-corrected chi connectivity index (χ1v) is 8.58. The van der Waals surface area contributed by atoms with Crippen molar-refractivity contribution < 1.29 is 14.7 Å². The van der Waals surface area contributed by atoms with Gasteiger partial charge < -0.3 is 10.4 Å². The molecule has 0 unspecified atom stereocenters. The van der Waals surface area contributed by atoms with Crippen LogP contribution in [0.1, 0.15) is 44.9 Å². The number of aromatic carboxylic acids is 1. The summed E-state index contributed by atoms with van der Waals surface area (Å²) in [4.78, 5) is 32.2. The van der Waals surface area contributed by atoms with Crippen LogP contribution >= 0.6 is 0 Å². The maximum absolute atomic E-state index is 12.4. The van der Waals surface area contributed by atoms with Crippen LogP contribution in [0, 0.1) is 27.7 Å². The van der Waals surface area contributed by atoms with Gasteiger partial charge in [0.2, 0.25) is 5.91 Å². The third-order valence-corrected chi connectivity index (χ3v) is 4.67. The lowest BCUT2D eigenvalue weighted by Crippen LogP contribution is -2.16. The summed E-state index contributed by atoms with van der Waals surface area (Å²) in [6.45, 7) is 7.39. The number of fused-ring (bicyclic) bond motifs is 1. The van der Waals surface area contributed by atoms with Crippen LogP contribution in [-0.2, 0) is 11.2 Å². The summed E-state index contributed by atoms with van der Waals surface area (Å²) in [7, 11) is 0. The predicted octanol–water partition coefficient (Wildman–Crippen LogP) is 2.63. The Morgan fingerprint density at radius 2 is 1.89 bits per heavy atom. The number of nitrogens with zero attached hydrogens (tertiary/aromatic N) is 4. The molecule has 1 aromatic carbocycles. The van der Waals surface area contributed by atoms with E-state index in [0.717, 1.165) is 22.5 Å². The normalized spacial score (nSPS) is 11.0. The molecule has 8 heteroatoms. The number of carbonyl (C=O) groups excluding carboxylic acids is 1. The number of anilines is 1. The molecule has 0 saturated carbocycles. The van der Waals surface area contributed by atoms with Crippen LogP contribution in [0.25, 0.3) is 5.78 Å².